The number of pyridine rings is 1. The summed E-state index contributed by atoms with van der Waals surface area (Å²) in [6.45, 7) is 0. The molecule has 1 N–H and O–H groups in total. The van der Waals surface area contributed by atoms with Crippen molar-refractivity contribution in [1.82, 2.24) is 9.38 Å². The normalized spacial score (nSPS) is 11.4. The number of nitrogens with one attached hydrogen (secondary N) is 1. The highest BCUT2D eigenvalue weighted by molar-refractivity contribution is 7.99. The number of hydrogen-bond acceptors (Lipinski definition) is 5. The fraction of sp³-hybridized carbons (Fsp3) is 0.118. The zero-order valence-electron chi connectivity index (χ0n) is 13.8. The maximum atomic E-state index is 13.0. The third-order valence-electron chi connectivity index (χ3n) is 3.45. The lowest BCUT2D eigenvalue weighted by Gasteiger charge is -2.08. The minimum atomic E-state index is -5.13. The number of carbonyl (C=O) groups excluding carboxylic acids is 2. The molecular formula is C17H12F3N3O3S. The van der Waals surface area contributed by atoms with Crippen molar-refractivity contribution >= 4 is 35.1 Å². The van der Waals surface area contributed by atoms with Crippen LogP contribution in [-0.4, -0.2) is 34.5 Å². The van der Waals surface area contributed by atoms with Crippen LogP contribution in [0.15, 0.2) is 58.5 Å². The Balaban J connectivity index is 2.10. The molecular weight excluding hydrogens is 383 g/mol. The lowest BCUT2D eigenvalue weighted by molar-refractivity contribution is -0.0888. The van der Waals surface area contributed by atoms with E-state index in [0.29, 0.717) is 4.90 Å². The van der Waals surface area contributed by atoms with E-state index in [0.717, 1.165) is 16.4 Å². The number of rotatable bonds is 4. The fourth-order valence-corrected chi connectivity index (χ4v) is 3.16. The number of carbonyl (C=O) groups is 2. The number of Topliss-reactive ketones (excluding diaryl/α,β-unsaturated/α-hetero) is 1. The number of methoxy groups -OCH3 is 1. The van der Waals surface area contributed by atoms with Crippen LogP contribution in [0.5, 0.6) is 0 Å². The van der Waals surface area contributed by atoms with Crippen LogP contribution in [0.3, 0.4) is 0 Å². The molecule has 0 fully saturated rings. The van der Waals surface area contributed by atoms with E-state index in [2.05, 4.69) is 15.0 Å². The van der Waals surface area contributed by atoms with Gasteiger partial charge in [0.25, 0.3) is 5.78 Å². The summed E-state index contributed by atoms with van der Waals surface area (Å²) in [6.07, 6.45) is -4.81. The predicted octanol–water partition coefficient (Wildman–Crippen LogP) is 4.41. The summed E-state index contributed by atoms with van der Waals surface area (Å²) in [5.41, 5.74) is -0.718. The molecule has 140 valence electrons. The highest BCUT2D eigenvalue weighted by atomic mass is 32.2. The van der Waals surface area contributed by atoms with Gasteiger partial charge in [-0.2, -0.15) is 13.2 Å². The van der Waals surface area contributed by atoms with Gasteiger partial charge in [0.2, 0.25) is 0 Å². The number of amides is 1. The zero-order chi connectivity index (χ0) is 19.6. The predicted molar refractivity (Wildman–Crippen MR) is 92.2 cm³/mol. The Morgan fingerprint density at radius 2 is 1.81 bits per heavy atom. The summed E-state index contributed by atoms with van der Waals surface area (Å²) in [5.74, 6) is -2.64. The first-order valence-corrected chi connectivity index (χ1v) is 8.32. The van der Waals surface area contributed by atoms with E-state index in [-0.39, 0.29) is 5.65 Å². The van der Waals surface area contributed by atoms with E-state index >= 15 is 0 Å². The van der Waals surface area contributed by atoms with Crippen LogP contribution in [0.1, 0.15) is 10.5 Å². The van der Waals surface area contributed by atoms with Gasteiger partial charge in [0.1, 0.15) is 11.3 Å². The van der Waals surface area contributed by atoms with Crippen molar-refractivity contribution < 1.29 is 27.5 Å². The second-order valence-electron chi connectivity index (χ2n) is 5.26. The number of nitrogens with zero attached hydrogens (tertiary/aromatic N) is 2. The molecule has 0 aliphatic heterocycles. The molecule has 0 aliphatic carbocycles. The number of anilines is 1. The van der Waals surface area contributed by atoms with Gasteiger partial charge in [0, 0.05) is 16.0 Å². The standard InChI is InChI=1S/C17H12F3N3O3S/c1-26-16(25)22-15-13(14(24)17(18,19)20)23-9-11(7-8-12(23)21-15)27-10-5-3-2-4-6-10/h2-9H,1H3,(H,22,25). The van der Waals surface area contributed by atoms with Gasteiger partial charge >= 0.3 is 12.3 Å². The Hall–Kier alpha value is -3.01. The fourth-order valence-electron chi connectivity index (χ4n) is 2.30. The SMILES string of the molecule is COC(=O)Nc1nc2ccc(Sc3ccccc3)cn2c1C(=O)C(F)(F)F. The summed E-state index contributed by atoms with van der Waals surface area (Å²) < 4.78 is 44.5. The van der Waals surface area contributed by atoms with Crippen molar-refractivity contribution in [3.8, 4) is 0 Å². The Labute approximate surface area is 155 Å². The Kier molecular flexibility index (Phi) is 5.08. The molecule has 0 aliphatic rings. The Morgan fingerprint density at radius 1 is 1.11 bits per heavy atom. The summed E-state index contributed by atoms with van der Waals surface area (Å²) in [5, 5.41) is 2.05. The minimum absolute atomic E-state index is 0.0754. The van der Waals surface area contributed by atoms with E-state index in [1.807, 2.05) is 30.3 Å². The number of alkyl halides is 3. The molecule has 6 nitrogen and oxygen atoms in total. The average Bonchev–Trinajstić information content (AvgIpc) is 2.97. The van der Waals surface area contributed by atoms with Gasteiger partial charge in [-0.1, -0.05) is 30.0 Å². The number of hydrogen-bond donors (Lipinski definition) is 1. The molecule has 1 aromatic carbocycles. The number of ether oxygens (including phenoxy) is 1. The maximum absolute atomic E-state index is 13.0. The van der Waals surface area contributed by atoms with Crippen molar-refractivity contribution in [2.75, 3.05) is 12.4 Å². The van der Waals surface area contributed by atoms with Gasteiger partial charge in [-0.3, -0.25) is 14.5 Å². The summed E-state index contributed by atoms with van der Waals surface area (Å²) in [4.78, 5) is 28.7. The largest absolute Gasteiger partial charge is 0.456 e. The van der Waals surface area contributed by atoms with Gasteiger partial charge in [0.05, 0.1) is 7.11 Å². The summed E-state index contributed by atoms with van der Waals surface area (Å²) in [7, 11) is 1.05. The molecule has 27 heavy (non-hydrogen) atoms. The number of benzene rings is 1. The Bertz CT molecular complexity index is 1000. The van der Waals surface area contributed by atoms with Crippen LogP contribution >= 0.6 is 11.8 Å². The molecule has 2 aromatic heterocycles. The maximum Gasteiger partial charge on any atom is 0.456 e. The molecule has 0 saturated heterocycles. The van der Waals surface area contributed by atoms with Crippen LogP contribution < -0.4 is 5.32 Å². The molecule has 0 bridgehead atoms. The molecule has 3 rings (SSSR count). The van der Waals surface area contributed by atoms with Gasteiger partial charge in [-0.05, 0) is 24.3 Å². The summed E-state index contributed by atoms with van der Waals surface area (Å²) >= 11 is 1.30. The van der Waals surface area contributed by atoms with Crippen molar-refractivity contribution in [2.45, 2.75) is 16.0 Å². The quantitative estimate of drug-likeness (QED) is 0.663. The van der Waals surface area contributed by atoms with Crippen LogP contribution in [0.2, 0.25) is 0 Å². The molecule has 0 atom stereocenters. The smallest absolute Gasteiger partial charge is 0.453 e. The molecule has 1 amide bonds. The van der Waals surface area contributed by atoms with Crippen LogP contribution in [0, 0.1) is 0 Å². The second kappa shape index (κ2) is 7.31. The molecule has 10 heteroatoms. The van der Waals surface area contributed by atoms with Gasteiger partial charge in [-0.15, -0.1) is 0 Å². The second-order valence-corrected chi connectivity index (χ2v) is 6.41. The zero-order valence-corrected chi connectivity index (χ0v) is 14.6. The van der Waals surface area contributed by atoms with Crippen molar-refractivity contribution in [3.63, 3.8) is 0 Å². The molecule has 2 heterocycles. The lowest BCUT2D eigenvalue weighted by atomic mass is 10.2. The number of fused-ring (bicyclic) bond motifs is 1. The van der Waals surface area contributed by atoms with Crippen molar-refractivity contribution in [1.29, 1.82) is 0 Å². The first-order chi connectivity index (χ1) is 12.8. The molecule has 0 spiro atoms. The topological polar surface area (TPSA) is 72.7 Å². The molecule has 0 saturated carbocycles. The van der Waals surface area contributed by atoms with E-state index < -0.39 is 29.6 Å². The lowest BCUT2D eigenvalue weighted by Crippen LogP contribution is -2.26. The monoisotopic (exact) mass is 395 g/mol. The first kappa shape index (κ1) is 18.8. The first-order valence-electron chi connectivity index (χ1n) is 7.51. The van der Waals surface area contributed by atoms with Crippen molar-refractivity contribution in [2.24, 2.45) is 0 Å². The van der Waals surface area contributed by atoms with E-state index in [9.17, 15) is 22.8 Å². The summed E-state index contributed by atoms with van der Waals surface area (Å²) in [6, 6.07) is 12.3. The van der Waals surface area contributed by atoms with E-state index in [4.69, 9.17) is 0 Å². The highest BCUT2D eigenvalue weighted by Crippen LogP contribution is 2.31. The van der Waals surface area contributed by atoms with Gasteiger partial charge < -0.3 is 4.74 Å². The minimum Gasteiger partial charge on any atom is -0.453 e. The van der Waals surface area contributed by atoms with Crippen LogP contribution in [0.25, 0.3) is 5.65 Å². The van der Waals surface area contributed by atoms with Crippen LogP contribution in [-0.2, 0) is 4.74 Å². The Morgan fingerprint density at radius 3 is 2.44 bits per heavy atom. The highest BCUT2D eigenvalue weighted by Gasteiger charge is 2.43. The molecule has 0 unspecified atom stereocenters. The van der Waals surface area contributed by atoms with E-state index in [1.165, 1.54) is 24.0 Å². The van der Waals surface area contributed by atoms with Crippen molar-refractivity contribution in [3.05, 3.63) is 54.4 Å². The number of imidazole rings is 1. The third kappa shape index (κ3) is 4.05. The van der Waals surface area contributed by atoms with Gasteiger partial charge in [-0.25, -0.2) is 9.78 Å². The van der Waals surface area contributed by atoms with Crippen LogP contribution in [0.4, 0.5) is 23.8 Å². The number of ketones is 1. The third-order valence-corrected chi connectivity index (χ3v) is 4.43. The van der Waals surface area contributed by atoms with Gasteiger partial charge in [0.15, 0.2) is 5.82 Å². The number of aromatic nitrogens is 2. The molecule has 0 radical (unpaired) electrons. The van der Waals surface area contributed by atoms with E-state index in [1.54, 1.807) is 6.07 Å². The number of halogens is 3. The molecule has 3 aromatic rings. The average molecular weight is 395 g/mol.